The predicted molar refractivity (Wildman–Crippen MR) is 127 cm³/mol. The normalized spacial score (nSPS) is 12.3. The van der Waals surface area contributed by atoms with Gasteiger partial charge in [0.1, 0.15) is 5.25 Å². The van der Waals surface area contributed by atoms with Crippen LogP contribution >= 0.6 is 46.3 Å². The van der Waals surface area contributed by atoms with Gasteiger partial charge in [-0.05, 0) is 36.4 Å². The van der Waals surface area contributed by atoms with Crippen LogP contribution in [-0.4, -0.2) is 23.7 Å². The molecule has 0 aliphatic rings. The average molecular weight is 518 g/mol. The molecule has 0 fully saturated rings. The van der Waals surface area contributed by atoms with Gasteiger partial charge in [-0.3, -0.25) is 9.52 Å². The van der Waals surface area contributed by atoms with Crippen LogP contribution in [0.5, 0.6) is 0 Å². The lowest BCUT2D eigenvalue weighted by Gasteiger charge is -2.17. The van der Waals surface area contributed by atoms with Crippen molar-refractivity contribution in [2.45, 2.75) is 12.2 Å². The van der Waals surface area contributed by atoms with Gasteiger partial charge in [-0.2, -0.15) is 9.36 Å². The summed E-state index contributed by atoms with van der Waals surface area (Å²) in [6.45, 7) is 5.01. The Morgan fingerprint density at radius 1 is 1.16 bits per heavy atom. The Bertz CT molecular complexity index is 1220. The number of carbonyl (C=O) groups excluding carboxylic acids is 1. The van der Waals surface area contributed by atoms with Gasteiger partial charge in [-0.25, -0.2) is 8.42 Å². The molecule has 1 aromatic heterocycles. The molecule has 3 aromatic rings. The first kappa shape index (κ1) is 23.5. The largest absolute Gasteiger partial charge is 0.326 e. The van der Waals surface area contributed by atoms with Crippen molar-refractivity contribution in [1.82, 2.24) is 9.36 Å². The van der Waals surface area contributed by atoms with Crippen molar-refractivity contribution in [1.29, 1.82) is 0 Å². The minimum atomic E-state index is -4.05. The van der Waals surface area contributed by atoms with Crippen molar-refractivity contribution in [2.24, 2.45) is 0 Å². The standard InChI is InChI=1S/C19H15Cl3N4O3S2/c1-3-16(17-14(21)8-12(20)9-15(17)22)31(28,29)26-19-24-18(25-30-19)11-4-6-13(7-5-11)23-10(2)27/h3-9,16H,1H2,2H3,(H,23,27)(H,24,25,26). The Hall–Kier alpha value is -2.17. The van der Waals surface area contributed by atoms with E-state index in [-0.39, 0.29) is 31.7 Å². The highest BCUT2D eigenvalue weighted by Gasteiger charge is 2.30. The number of nitrogens with zero attached hydrogens (tertiary/aromatic N) is 2. The Balaban J connectivity index is 1.84. The molecular formula is C19H15Cl3N4O3S2. The molecule has 0 saturated heterocycles. The lowest BCUT2D eigenvalue weighted by Crippen LogP contribution is -2.20. The molecule has 2 aromatic carbocycles. The molecule has 1 atom stereocenters. The summed E-state index contributed by atoms with van der Waals surface area (Å²) in [7, 11) is -4.05. The zero-order valence-corrected chi connectivity index (χ0v) is 19.8. The van der Waals surface area contributed by atoms with Gasteiger partial charge in [0.05, 0.1) is 0 Å². The fraction of sp³-hybridized carbons (Fsp3) is 0.105. The van der Waals surface area contributed by atoms with Crippen LogP contribution in [0.3, 0.4) is 0 Å². The maximum Gasteiger partial charge on any atom is 0.245 e. The molecule has 3 rings (SSSR count). The third-order valence-electron chi connectivity index (χ3n) is 4.00. The van der Waals surface area contributed by atoms with Gasteiger partial charge in [-0.15, -0.1) is 6.58 Å². The van der Waals surface area contributed by atoms with Gasteiger partial charge in [-0.1, -0.05) is 40.9 Å². The highest BCUT2D eigenvalue weighted by atomic mass is 35.5. The molecule has 162 valence electrons. The average Bonchev–Trinajstić information content (AvgIpc) is 3.12. The molecule has 0 aliphatic heterocycles. The second kappa shape index (κ2) is 9.54. The van der Waals surface area contributed by atoms with E-state index in [0.29, 0.717) is 17.1 Å². The van der Waals surface area contributed by atoms with Gasteiger partial charge < -0.3 is 5.32 Å². The van der Waals surface area contributed by atoms with Crippen LogP contribution in [0.2, 0.25) is 15.1 Å². The fourth-order valence-electron chi connectivity index (χ4n) is 2.70. The number of halogens is 3. The number of hydrogen-bond acceptors (Lipinski definition) is 6. The van der Waals surface area contributed by atoms with Gasteiger partial charge >= 0.3 is 0 Å². The first-order valence-electron chi connectivity index (χ1n) is 8.61. The number of amides is 1. The third kappa shape index (κ3) is 5.55. The lowest BCUT2D eigenvalue weighted by atomic mass is 10.1. The second-order valence-corrected chi connectivity index (χ2v) is 10.1. The SMILES string of the molecule is C=CC(c1c(Cl)cc(Cl)cc1Cl)S(=O)(=O)Nc1nc(-c2ccc(NC(C)=O)cc2)ns1. The van der Waals surface area contributed by atoms with Gasteiger partial charge in [0.25, 0.3) is 0 Å². The van der Waals surface area contributed by atoms with Crippen LogP contribution in [0.25, 0.3) is 11.4 Å². The molecule has 7 nitrogen and oxygen atoms in total. The third-order valence-corrected chi connectivity index (χ3v) is 7.17. The van der Waals surface area contributed by atoms with Crippen LogP contribution in [0.4, 0.5) is 10.8 Å². The maximum absolute atomic E-state index is 13.0. The molecule has 1 amide bonds. The van der Waals surface area contributed by atoms with E-state index in [4.69, 9.17) is 34.8 Å². The predicted octanol–water partition coefficient (Wildman–Crippen LogP) is 5.79. The first-order chi connectivity index (χ1) is 14.6. The van der Waals surface area contributed by atoms with Crippen LogP contribution < -0.4 is 10.0 Å². The summed E-state index contributed by atoms with van der Waals surface area (Å²) in [5, 5.41) is 1.97. The molecule has 0 spiro atoms. The van der Waals surface area contributed by atoms with Gasteiger partial charge in [0, 0.05) is 50.3 Å². The molecule has 1 unspecified atom stereocenters. The fourth-order valence-corrected chi connectivity index (χ4v) is 6.06. The number of benzene rings is 2. The summed E-state index contributed by atoms with van der Waals surface area (Å²) >= 11 is 19.2. The van der Waals surface area contributed by atoms with E-state index in [1.54, 1.807) is 24.3 Å². The van der Waals surface area contributed by atoms with Crippen molar-refractivity contribution in [3.8, 4) is 11.4 Å². The lowest BCUT2D eigenvalue weighted by molar-refractivity contribution is -0.114. The summed E-state index contributed by atoms with van der Waals surface area (Å²) in [4.78, 5) is 15.3. The monoisotopic (exact) mass is 516 g/mol. The van der Waals surface area contributed by atoms with Crippen molar-refractivity contribution in [3.05, 3.63) is 69.7 Å². The summed E-state index contributed by atoms with van der Waals surface area (Å²) in [5.41, 5.74) is 1.44. The molecule has 2 N–H and O–H groups in total. The molecule has 1 heterocycles. The van der Waals surface area contributed by atoms with Crippen molar-refractivity contribution < 1.29 is 13.2 Å². The molecule has 0 radical (unpaired) electrons. The van der Waals surface area contributed by atoms with E-state index < -0.39 is 15.3 Å². The zero-order chi connectivity index (χ0) is 22.8. The van der Waals surface area contributed by atoms with Crippen LogP contribution in [-0.2, 0) is 14.8 Å². The minimum Gasteiger partial charge on any atom is -0.326 e. The van der Waals surface area contributed by atoms with Crippen LogP contribution in [0.15, 0.2) is 49.1 Å². The number of aromatic nitrogens is 2. The van der Waals surface area contributed by atoms with E-state index in [2.05, 4.69) is 26.0 Å². The Morgan fingerprint density at radius 3 is 2.32 bits per heavy atom. The highest BCUT2D eigenvalue weighted by Crippen LogP contribution is 2.38. The number of anilines is 2. The summed E-state index contributed by atoms with van der Waals surface area (Å²) < 4.78 is 32.6. The summed E-state index contributed by atoms with van der Waals surface area (Å²) in [6, 6.07) is 9.63. The quantitative estimate of drug-likeness (QED) is 0.386. The smallest absolute Gasteiger partial charge is 0.245 e. The van der Waals surface area contributed by atoms with E-state index in [0.717, 1.165) is 11.5 Å². The second-order valence-electron chi connectivity index (χ2n) is 6.27. The van der Waals surface area contributed by atoms with E-state index in [9.17, 15) is 13.2 Å². The van der Waals surface area contributed by atoms with Gasteiger partial charge in [0.2, 0.25) is 21.1 Å². The topological polar surface area (TPSA) is 101 Å². The first-order valence-corrected chi connectivity index (χ1v) is 12.1. The van der Waals surface area contributed by atoms with Crippen molar-refractivity contribution in [3.63, 3.8) is 0 Å². The van der Waals surface area contributed by atoms with Crippen molar-refractivity contribution >= 4 is 73.1 Å². The molecule has 0 aliphatic carbocycles. The molecular weight excluding hydrogens is 503 g/mol. The maximum atomic E-state index is 13.0. The molecule has 0 saturated carbocycles. The number of carbonyl (C=O) groups is 1. The summed E-state index contributed by atoms with van der Waals surface area (Å²) in [5.74, 6) is 0.142. The highest BCUT2D eigenvalue weighted by molar-refractivity contribution is 7.93. The van der Waals surface area contributed by atoms with Gasteiger partial charge in [0.15, 0.2) is 5.82 Å². The number of nitrogens with one attached hydrogen (secondary N) is 2. The molecule has 31 heavy (non-hydrogen) atoms. The number of hydrogen-bond donors (Lipinski definition) is 2. The van der Waals surface area contributed by atoms with Crippen LogP contribution in [0.1, 0.15) is 17.7 Å². The molecule has 12 heteroatoms. The Kier molecular flexibility index (Phi) is 7.23. The zero-order valence-electron chi connectivity index (χ0n) is 15.9. The van der Waals surface area contributed by atoms with E-state index in [1.165, 1.54) is 25.1 Å². The summed E-state index contributed by atoms with van der Waals surface area (Å²) in [6.07, 6.45) is 1.21. The van der Waals surface area contributed by atoms with Crippen LogP contribution in [0, 0.1) is 0 Å². The van der Waals surface area contributed by atoms with Crippen molar-refractivity contribution in [2.75, 3.05) is 10.0 Å². The number of rotatable bonds is 7. The Labute approximate surface area is 198 Å². The van der Waals surface area contributed by atoms with E-state index in [1.807, 2.05) is 0 Å². The minimum absolute atomic E-state index is 0.0639. The number of sulfonamides is 1. The molecule has 0 bridgehead atoms. The van der Waals surface area contributed by atoms with E-state index >= 15 is 0 Å². The Morgan fingerprint density at radius 2 is 1.77 bits per heavy atom.